The quantitative estimate of drug-likeness (QED) is 0.688. The molecule has 26 heavy (non-hydrogen) atoms. The Morgan fingerprint density at radius 3 is 2.65 bits per heavy atom. The van der Waals surface area contributed by atoms with Gasteiger partial charge in [0.2, 0.25) is 11.8 Å². The molecule has 3 rings (SSSR count). The third kappa shape index (κ3) is 4.10. The van der Waals surface area contributed by atoms with Gasteiger partial charge in [0.05, 0.1) is 11.4 Å². The Hall–Kier alpha value is -2.68. The van der Waals surface area contributed by atoms with E-state index in [1.807, 2.05) is 44.5 Å². The molecule has 0 aliphatic rings. The number of nitrogens with one attached hydrogen (secondary N) is 1. The maximum Gasteiger partial charge on any atom is 0.237 e. The van der Waals surface area contributed by atoms with Gasteiger partial charge < -0.3 is 9.09 Å². The maximum absolute atomic E-state index is 12.1. The second-order valence-corrected chi connectivity index (χ2v) is 7.71. The summed E-state index contributed by atoms with van der Waals surface area (Å²) in [6.07, 6.45) is 3.40. The van der Waals surface area contributed by atoms with Crippen LogP contribution in [0.4, 0.5) is 5.88 Å². The summed E-state index contributed by atoms with van der Waals surface area (Å²) in [5.74, 6) is 1.06. The molecule has 8 nitrogen and oxygen atoms in total. The van der Waals surface area contributed by atoms with Gasteiger partial charge in [-0.2, -0.15) is 0 Å². The molecule has 0 saturated carbocycles. The Balaban J connectivity index is 1.60. The van der Waals surface area contributed by atoms with E-state index >= 15 is 0 Å². The predicted octanol–water partition coefficient (Wildman–Crippen LogP) is 2.89. The molecule has 3 aromatic heterocycles. The highest BCUT2D eigenvalue weighted by Crippen LogP contribution is 2.25. The molecule has 1 amide bonds. The normalized spacial score (nSPS) is 11.5. The van der Waals surface area contributed by atoms with Crippen LogP contribution in [0.5, 0.6) is 0 Å². The number of rotatable bonds is 5. The Morgan fingerprint density at radius 1 is 1.27 bits per heavy atom. The summed E-state index contributed by atoms with van der Waals surface area (Å²) < 4.78 is 7.02. The van der Waals surface area contributed by atoms with E-state index in [0.717, 1.165) is 17.1 Å². The zero-order valence-corrected chi connectivity index (χ0v) is 15.9. The zero-order valence-electron chi connectivity index (χ0n) is 15.1. The largest absolute Gasteiger partial charge is 0.338 e. The average Bonchev–Trinajstić information content (AvgIpc) is 3.20. The fourth-order valence-electron chi connectivity index (χ4n) is 2.18. The molecule has 3 aromatic rings. The van der Waals surface area contributed by atoms with Gasteiger partial charge in [-0.25, -0.2) is 0 Å². The molecule has 0 atom stereocenters. The molecular formula is C17H20N6O2S. The molecule has 0 spiro atoms. The first-order valence-corrected chi connectivity index (χ1v) is 9.03. The molecule has 0 bridgehead atoms. The summed E-state index contributed by atoms with van der Waals surface area (Å²) in [6.45, 7) is 6.09. The van der Waals surface area contributed by atoms with Crippen molar-refractivity contribution in [2.75, 3.05) is 11.1 Å². The van der Waals surface area contributed by atoms with Crippen LogP contribution in [0.25, 0.3) is 11.4 Å². The fraction of sp³-hybridized carbons (Fsp3) is 0.353. The van der Waals surface area contributed by atoms with Gasteiger partial charge in [0.25, 0.3) is 0 Å². The molecule has 0 aliphatic carbocycles. The number of hydrogen-bond acceptors (Lipinski definition) is 7. The van der Waals surface area contributed by atoms with Gasteiger partial charge in [-0.05, 0) is 12.1 Å². The van der Waals surface area contributed by atoms with Crippen molar-refractivity contribution in [2.24, 2.45) is 7.05 Å². The second-order valence-electron chi connectivity index (χ2n) is 6.76. The topological polar surface area (TPSA) is 98.7 Å². The molecule has 9 heteroatoms. The molecule has 3 heterocycles. The van der Waals surface area contributed by atoms with Gasteiger partial charge in [-0.3, -0.25) is 15.1 Å². The van der Waals surface area contributed by atoms with Crippen molar-refractivity contribution in [1.29, 1.82) is 0 Å². The SMILES string of the molecule is Cn1c(SCC(=O)Nc2cc(C(C)(C)C)no2)nnc1-c1ccncc1. The molecular weight excluding hydrogens is 352 g/mol. The van der Waals surface area contributed by atoms with Crippen LogP contribution in [-0.2, 0) is 17.3 Å². The lowest BCUT2D eigenvalue weighted by molar-refractivity contribution is -0.113. The highest BCUT2D eigenvalue weighted by Gasteiger charge is 2.20. The van der Waals surface area contributed by atoms with E-state index in [-0.39, 0.29) is 17.1 Å². The van der Waals surface area contributed by atoms with Gasteiger partial charge in [0.1, 0.15) is 0 Å². The Morgan fingerprint density at radius 2 is 2.00 bits per heavy atom. The molecule has 0 radical (unpaired) electrons. The summed E-state index contributed by atoms with van der Waals surface area (Å²) in [5.41, 5.74) is 1.57. The number of nitrogens with zero attached hydrogens (tertiary/aromatic N) is 5. The second kappa shape index (κ2) is 7.28. The van der Waals surface area contributed by atoms with Crippen molar-refractivity contribution in [3.8, 4) is 11.4 Å². The lowest BCUT2D eigenvalue weighted by Gasteiger charge is -2.12. The highest BCUT2D eigenvalue weighted by molar-refractivity contribution is 7.99. The number of amides is 1. The van der Waals surface area contributed by atoms with Crippen molar-refractivity contribution >= 4 is 23.6 Å². The first-order chi connectivity index (χ1) is 12.3. The summed E-state index contributed by atoms with van der Waals surface area (Å²) >= 11 is 1.30. The van der Waals surface area contributed by atoms with Crippen LogP contribution in [-0.4, -0.2) is 36.6 Å². The predicted molar refractivity (Wildman–Crippen MR) is 98.8 cm³/mol. The Labute approximate surface area is 155 Å². The minimum Gasteiger partial charge on any atom is -0.338 e. The van der Waals surface area contributed by atoms with Crippen LogP contribution in [0.3, 0.4) is 0 Å². The molecule has 0 aromatic carbocycles. The number of pyridine rings is 1. The standard InChI is InChI=1S/C17H20N6O2S/c1-17(2,3)12-9-14(25-22-12)19-13(24)10-26-16-21-20-15(23(16)4)11-5-7-18-8-6-11/h5-9H,10H2,1-4H3,(H,19,24). The average molecular weight is 372 g/mol. The van der Waals surface area contributed by atoms with E-state index in [0.29, 0.717) is 11.0 Å². The van der Waals surface area contributed by atoms with Crippen LogP contribution < -0.4 is 5.32 Å². The number of carbonyl (C=O) groups excluding carboxylic acids is 1. The van der Waals surface area contributed by atoms with Crippen molar-refractivity contribution in [1.82, 2.24) is 24.9 Å². The summed E-state index contributed by atoms with van der Waals surface area (Å²) in [5, 5.41) is 15.7. The van der Waals surface area contributed by atoms with E-state index in [1.165, 1.54) is 11.8 Å². The number of aromatic nitrogens is 5. The van der Waals surface area contributed by atoms with Crippen molar-refractivity contribution in [3.05, 3.63) is 36.3 Å². The molecule has 0 fully saturated rings. The number of carbonyl (C=O) groups is 1. The molecule has 1 N–H and O–H groups in total. The van der Waals surface area contributed by atoms with E-state index in [2.05, 4.69) is 25.7 Å². The smallest absolute Gasteiger partial charge is 0.237 e. The van der Waals surface area contributed by atoms with Crippen molar-refractivity contribution < 1.29 is 9.32 Å². The van der Waals surface area contributed by atoms with Crippen LogP contribution in [0.2, 0.25) is 0 Å². The van der Waals surface area contributed by atoms with Crippen LogP contribution in [0.15, 0.2) is 40.3 Å². The Bertz CT molecular complexity index is 898. The maximum atomic E-state index is 12.1. The van der Waals surface area contributed by atoms with E-state index in [9.17, 15) is 4.79 Å². The van der Waals surface area contributed by atoms with Gasteiger partial charge in [0.15, 0.2) is 11.0 Å². The Kier molecular flexibility index (Phi) is 5.08. The highest BCUT2D eigenvalue weighted by atomic mass is 32.2. The molecule has 136 valence electrons. The summed E-state index contributed by atoms with van der Waals surface area (Å²) in [7, 11) is 1.86. The number of hydrogen-bond donors (Lipinski definition) is 1. The summed E-state index contributed by atoms with van der Waals surface area (Å²) in [4.78, 5) is 16.1. The van der Waals surface area contributed by atoms with Gasteiger partial charge in [-0.15, -0.1) is 10.2 Å². The summed E-state index contributed by atoms with van der Waals surface area (Å²) in [6, 6.07) is 5.47. The van der Waals surface area contributed by atoms with E-state index in [1.54, 1.807) is 18.5 Å². The van der Waals surface area contributed by atoms with E-state index in [4.69, 9.17) is 4.52 Å². The molecule has 0 unspecified atom stereocenters. The molecule has 0 saturated heterocycles. The third-order valence-corrected chi connectivity index (χ3v) is 4.67. The lowest BCUT2D eigenvalue weighted by atomic mass is 9.92. The van der Waals surface area contributed by atoms with Crippen LogP contribution in [0, 0.1) is 0 Å². The minimum atomic E-state index is -0.194. The fourth-order valence-corrected chi connectivity index (χ4v) is 2.90. The monoisotopic (exact) mass is 372 g/mol. The molecule has 0 aliphatic heterocycles. The van der Waals surface area contributed by atoms with Crippen molar-refractivity contribution in [2.45, 2.75) is 31.3 Å². The van der Waals surface area contributed by atoms with Gasteiger partial charge in [-0.1, -0.05) is 37.7 Å². The zero-order chi connectivity index (χ0) is 18.7. The van der Waals surface area contributed by atoms with E-state index < -0.39 is 0 Å². The lowest BCUT2D eigenvalue weighted by Crippen LogP contribution is -2.14. The number of anilines is 1. The minimum absolute atomic E-state index is 0.136. The third-order valence-electron chi connectivity index (χ3n) is 3.65. The van der Waals surface area contributed by atoms with Crippen molar-refractivity contribution in [3.63, 3.8) is 0 Å². The first kappa shape index (κ1) is 18.1. The van der Waals surface area contributed by atoms with Gasteiger partial charge in [0, 0.05) is 36.5 Å². The number of thioether (sulfide) groups is 1. The van der Waals surface area contributed by atoms with Gasteiger partial charge >= 0.3 is 0 Å². The first-order valence-electron chi connectivity index (χ1n) is 8.04. The van der Waals surface area contributed by atoms with Crippen LogP contribution >= 0.6 is 11.8 Å². The van der Waals surface area contributed by atoms with Crippen LogP contribution in [0.1, 0.15) is 26.5 Å².